The predicted molar refractivity (Wildman–Crippen MR) is 81.7 cm³/mol. The smallest absolute Gasteiger partial charge is 0.272 e. The van der Waals surface area contributed by atoms with Gasteiger partial charge in [0.25, 0.3) is 6.43 Å². The maximum Gasteiger partial charge on any atom is 0.272 e. The number of rotatable bonds is 7. The van der Waals surface area contributed by atoms with Gasteiger partial charge in [0.2, 0.25) is 0 Å². The highest BCUT2D eigenvalue weighted by Crippen LogP contribution is 2.21. The Balaban J connectivity index is 2.08. The van der Waals surface area contributed by atoms with Crippen LogP contribution < -0.4 is 10.1 Å². The van der Waals surface area contributed by atoms with Gasteiger partial charge < -0.3 is 10.1 Å². The number of ketones is 1. The number of Topliss-reactive ketones (excluding diaryl/α,β-unsaturated/α-hetero) is 1. The number of anilines is 1. The molecule has 0 unspecified atom stereocenters. The van der Waals surface area contributed by atoms with E-state index in [1.807, 2.05) is 0 Å². The fraction of sp³-hybridized carbons (Fsp3) is 0.235. The fourth-order valence-electron chi connectivity index (χ4n) is 2.13. The van der Waals surface area contributed by atoms with Gasteiger partial charge in [0.1, 0.15) is 18.2 Å². The average Bonchev–Trinajstić information content (AvgIpc) is 2.51. The monoisotopic (exact) mass is 323 g/mol. The first-order valence-corrected chi connectivity index (χ1v) is 7.00. The highest BCUT2D eigenvalue weighted by atomic mass is 19.3. The first kappa shape index (κ1) is 16.9. The maximum absolute atomic E-state index is 13.7. The van der Waals surface area contributed by atoms with E-state index in [0.29, 0.717) is 18.0 Å². The van der Waals surface area contributed by atoms with Gasteiger partial charge in [-0.3, -0.25) is 4.79 Å². The van der Waals surface area contributed by atoms with Crippen molar-refractivity contribution in [3.05, 3.63) is 59.4 Å². The van der Waals surface area contributed by atoms with Gasteiger partial charge in [0.05, 0.1) is 5.56 Å². The Morgan fingerprint density at radius 2 is 1.96 bits per heavy atom. The van der Waals surface area contributed by atoms with Gasteiger partial charge in [-0.1, -0.05) is 18.2 Å². The zero-order valence-corrected chi connectivity index (χ0v) is 12.5. The zero-order chi connectivity index (χ0) is 16.8. The Morgan fingerprint density at radius 3 is 2.65 bits per heavy atom. The molecule has 0 amide bonds. The van der Waals surface area contributed by atoms with Crippen LogP contribution >= 0.6 is 0 Å². The fourth-order valence-corrected chi connectivity index (χ4v) is 2.13. The van der Waals surface area contributed by atoms with Gasteiger partial charge in [-0.15, -0.1) is 0 Å². The third-order valence-electron chi connectivity index (χ3n) is 3.12. The van der Waals surface area contributed by atoms with Crippen LogP contribution in [0.2, 0.25) is 0 Å². The van der Waals surface area contributed by atoms with Crippen molar-refractivity contribution in [2.75, 3.05) is 11.9 Å². The molecule has 0 aliphatic carbocycles. The summed E-state index contributed by atoms with van der Waals surface area (Å²) in [5, 5.41) is 2.98. The molecule has 0 radical (unpaired) electrons. The topological polar surface area (TPSA) is 38.3 Å². The molecule has 0 aromatic heterocycles. The van der Waals surface area contributed by atoms with Gasteiger partial charge in [0.15, 0.2) is 5.78 Å². The molecule has 3 nitrogen and oxygen atoms in total. The van der Waals surface area contributed by atoms with Crippen LogP contribution in [0.3, 0.4) is 0 Å². The zero-order valence-electron chi connectivity index (χ0n) is 12.5. The van der Waals surface area contributed by atoms with E-state index in [4.69, 9.17) is 4.74 Å². The van der Waals surface area contributed by atoms with Crippen molar-refractivity contribution >= 4 is 11.5 Å². The molecule has 6 heteroatoms. The van der Waals surface area contributed by atoms with E-state index in [1.165, 1.54) is 19.1 Å². The molecule has 2 aromatic rings. The predicted octanol–water partition coefficient (Wildman–Crippen LogP) is 4.28. The first-order chi connectivity index (χ1) is 11.0. The van der Waals surface area contributed by atoms with Crippen LogP contribution in [-0.2, 0) is 6.54 Å². The molecule has 2 rings (SSSR count). The van der Waals surface area contributed by atoms with Crippen LogP contribution in [0, 0.1) is 5.82 Å². The van der Waals surface area contributed by atoms with Crippen molar-refractivity contribution in [3.63, 3.8) is 0 Å². The van der Waals surface area contributed by atoms with Gasteiger partial charge >= 0.3 is 0 Å². The SMILES string of the molecule is CC(=O)c1c(F)cccc1NCc1cccc(OCC(F)F)c1. The molecule has 1 N–H and O–H groups in total. The summed E-state index contributed by atoms with van der Waals surface area (Å²) in [5.41, 5.74) is 1.14. The van der Waals surface area contributed by atoms with E-state index in [-0.39, 0.29) is 11.3 Å². The Labute approximate surface area is 132 Å². The van der Waals surface area contributed by atoms with E-state index in [9.17, 15) is 18.0 Å². The minimum absolute atomic E-state index is 0.00222. The van der Waals surface area contributed by atoms with Crippen molar-refractivity contribution < 1.29 is 22.7 Å². The number of benzene rings is 2. The second-order valence-electron chi connectivity index (χ2n) is 4.92. The number of carbonyl (C=O) groups excluding carboxylic acids is 1. The first-order valence-electron chi connectivity index (χ1n) is 7.00. The summed E-state index contributed by atoms with van der Waals surface area (Å²) in [5.74, 6) is -0.633. The Morgan fingerprint density at radius 1 is 1.22 bits per heavy atom. The molecular weight excluding hydrogens is 307 g/mol. The molecule has 0 bridgehead atoms. The summed E-state index contributed by atoms with van der Waals surface area (Å²) in [6, 6.07) is 11.0. The van der Waals surface area contributed by atoms with Crippen LogP contribution in [0.25, 0.3) is 0 Å². The van der Waals surface area contributed by atoms with E-state index in [2.05, 4.69) is 5.32 Å². The van der Waals surface area contributed by atoms with Gasteiger partial charge in [0, 0.05) is 12.2 Å². The molecule has 0 aliphatic rings. The minimum atomic E-state index is -2.54. The summed E-state index contributed by atoms with van der Waals surface area (Å²) in [4.78, 5) is 11.5. The summed E-state index contributed by atoms with van der Waals surface area (Å²) >= 11 is 0. The Kier molecular flexibility index (Phi) is 5.62. The third-order valence-corrected chi connectivity index (χ3v) is 3.12. The second-order valence-corrected chi connectivity index (χ2v) is 4.92. The van der Waals surface area contributed by atoms with E-state index >= 15 is 0 Å². The summed E-state index contributed by atoms with van der Waals surface area (Å²) in [6.07, 6.45) is -2.54. The summed E-state index contributed by atoms with van der Waals surface area (Å²) in [6.45, 7) is 0.924. The molecule has 0 aliphatic heterocycles. The molecule has 23 heavy (non-hydrogen) atoms. The molecule has 122 valence electrons. The Bertz CT molecular complexity index is 689. The summed E-state index contributed by atoms with van der Waals surface area (Å²) < 4.78 is 43.0. The van der Waals surface area contributed by atoms with Crippen LogP contribution in [0.4, 0.5) is 18.9 Å². The van der Waals surface area contributed by atoms with Crippen LogP contribution in [-0.4, -0.2) is 18.8 Å². The molecule has 2 aromatic carbocycles. The molecule has 0 fully saturated rings. The summed E-state index contributed by atoms with van der Waals surface area (Å²) in [7, 11) is 0. The quantitative estimate of drug-likeness (QED) is 0.773. The van der Waals surface area contributed by atoms with Crippen molar-refractivity contribution in [3.8, 4) is 5.75 Å². The number of hydrogen-bond donors (Lipinski definition) is 1. The number of ether oxygens (including phenoxy) is 1. The number of carbonyl (C=O) groups is 1. The number of nitrogens with one attached hydrogen (secondary N) is 1. The van der Waals surface area contributed by atoms with Gasteiger partial charge in [-0.2, -0.15) is 0 Å². The van der Waals surface area contributed by atoms with E-state index in [0.717, 1.165) is 5.56 Å². The highest BCUT2D eigenvalue weighted by molar-refractivity contribution is 5.99. The molecular formula is C17H16F3NO2. The average molecular weight is 323 g/mol. The molecule has 0 spiro atoms. The van der Waals surface area contributed by atoms with Crippen LogP contribution in [0.1, 0.15) is 22.8 Å². The van der Waals surface area contributed by atoms with E-state index < -0.39 is 18.8 Å². The second kappa shape index (κ2) is 7.67. The van der Waals surface area contributed by atoms with Gasteiger partial charge in [-0.05, 0) is 36.8 Å². The lowest BCUT2D eigenvalue weighted by Crippen LogP contribution is -2.08. The number of hydrogen-bond acceptors (Lipinski definition) is 3. The van der Waals surface area contributed by atoms with E-state index in [1.54, 1.807) is 30.3 Å². The van der Waals surface area contributed by atoms with Crippen molar-refractivity contribution in [2.45, 2.75) is 19.9 Å². The lowest BCUT2D eigenvalue weighted by atomic mass is 10.1. The Hall–Kier alpha value is -2.50. The number of alkyl halides is 2. The molecule has 0 saturated heterocycles. The standard InChI is InChI=1S/C17H16F3NO2/c1-11(22)17-14(18)6-3-7-15(17)21-9-12-4-2-5-13(8-12)23-10-16(19)20/h2-8,16,21H,9-10H2,1H3. The minimum Gasteiger partial charge on any atom is -0.488 e. The van der Waals surface area contributed by atoms with Gasteiger partial charge in [-0.25, -0.2) is 13.2 Å². The normalized spacial score (nSPS) is 10.7. The molecule has 0 saturated carbocycles. The lowest BCUT2D eigenvalue weighted by Gasteiger charge is -2.12. The van der Waals surface area contributed by atoms with Crippen LogP contribution in [0.5, 0.6) is 5.75 Å². The van der Waals surface area contributed by atoms with Crippen molar-refractivity contribution in [1.82, 2.24) is 0 Å². The van der Waals surface area contributed by atoms with Crippen molar-refractivity contribution in [1.29, 1.82) is 0 Å². The molecule has 0 atom stereocenters. The number of halogens is 3. The van der Waals surface area contributed by atoms with Crippen molar-refractivity contribution in [2.24, 2.45) is 0 Å². The highest BCUT2D eigenvalue weighted by Gasteiger charge is 2.12. The lowest BCUT2D eigenvalue weighted by molar-refractivity contribution is 0.0818. The largest absolute Gasteiger partial charge is 0.488 e. The molecule has 0 heterocycles. The maximum atomic E-state index is 13.7. The third kappa shape index (κ3) is 4.74. The van der Waals surface area contributed by atoms with Crippen LogP contribution in [0.15, 0.2) is 42.5 Å².